The lowest BCUT2D eigenvalue weighted by Crippen LogP contribution is -2.40. The van der Waals surface area contributed by atoms with Crippen LogP contribution >= 0.6 is 0 Å². The molecule has 3 rings (SSSR count). The van der Waals surface area contributed by atoms with Gasteiger partial charge in [-0.05, 0) is 25.7 Å². The number of nitrogens with zero attached hydrogens (tertiary/aromatic N) is 2. The Morgan fingerprint density at radius 3 is 2.87 bits per heavy atom. The summed E-state index contributed by atoms with van der Waals surface area (Å²) in [5.41, 5.74) is 1.70. The third-order valence-electron chi connectivity index (χ3n) is 3.14. The third-order valence-corrected chi connectivity index (χ3v) is 3.14. The van der Waals surface area contributed by atoms with E-state index in [1.54, 1.807) is 4.68 Å². The van der Waals surface area contributed by atoms with E-state index in [2.05, 4.69) is 15.7 Å². The lowest BCUT2D eigenvalue weighted by Gasteiger charge is -2.24. The number of rotatable bonds is 1. The van der Waals surface area contributed by atoms with Gasteiger partial charge in [-0.1, -0.05) is 0 Å². The first-order chi connectivity index (χ1) is 7.16. The van der Waals surface area contributed by atoms with Crippen molar-refractivity contribution in [3.05, 3.63) is 5.69 Å². The van der Waals surface area contributed by atoms with Crippen LogP contribution in [0.5, 0.6) is 0 Å². The van der Waals surface area contributed by atoms with Crippen molar-refractivity contribution in [1.29, 1.82) is 0 Å². The zero-order valence-corrected chi connectivity index (χ0v) is 8.87. The molecule has 2 N–H and O–H groups in total. The average Bonchev–Trinajstić information content (AvgIpc) is 2.96. The highest BCUT2D eigenvalue weighted by molar-refractivity contribution is 6.03. The first-order valence-electron chi connectivity index (χ1n) is 5.28. The van der Waals surface area contributed by atoms with Crippen molar-refractivity contribution in [3.8, 4) is 0 Å². The second-order valence-corrected chi connectivity index (χ2v) is 4.38. The molecule has 0 radical (unpaired) electrons. The van der Waals surface area contributed by atoms with E-state index in [0.29, 0.717) is 5.92 Å². The molecular weight excluding hydrogens is 192 g/mol. The fourth-order valence-electron chi connectivity index (χ4n) is 2.15. The van der Waals surface area contributed by atoms with Crippen molar-refractivity contribution in [2.45, 2.75) is 25.8 Å². The van der Waals surface area contributed by atoms with Gasteiger partial charge in [-0.2, -0.15) is 5.10 Å². The van der Waals surface area contributed by atoms with E-state index in [1.807, 2.05) is 14.0 Å². The SMILES string of the molecule is Cc1nn(C)c2c1NC(=O)C(C1CC1)N2. The van der Waals surface area contributed by atoms with Gasteiger partial charge in [0.1, 0.15) is 17.5 Å². The van der Waals surface area contributed by atoms with Crippen molar-refractivity contribution in [1.82, 2.24) is 9.78 Å². The van der Waals surface area contributed by atoms with Gasteiger partial charge in [-0.15, -0.1) is 0 Å². The molecule has 1 saturated carbocycles. The quantitative estimate of drug-likeness (QED) is 0.716. The molecule has 1 fully saturated rings. The molecule has 0 saturated heterocycles. The largest absolute Gasteiger partial charge is 0.357 e. The van der Waals surface area contributed by atoms with E-state index >= 15 is 0 Å². The van der Waals surface area contributed by atoms with Gasteiger partial charge in [0.25, 0.3) is 0 Å². The zero-order chi connectivity index (χ0) is 10.6. The highest BCUT2D eigenvalue weighted by Crippen LogP contribution is 2.39. The maximum absolute atomic E-state index is 11.8. The molecule has 0 aromatic carbocycles. The second kappa shape index (κ2) is 2.74. The summed E-state index contributed by atoms with van der Waals surface area (Å²) in [6.45, 7) is 1.90. The summed E-state index contributed by atoms with van der Waals surface area (Å²) in [6.07, 6.45) is 2.30. The first-order valence-corrected chi connectivity index (χ1v) is 5.28. The highest BCUT2D eigenvalue weighted by atomic mass is 16.2. The van der Waals surface area contributed by atoms with Gasteiger partial charge in [-0.25, -0.2) is 0 Å². The van der Waals surface area contributed by atoms with Crippen molar-refractivity contribution < 1.29 is 4.79 Å². The minimum atomic E-state index is -0.0627. The lowest BCUT2D eigenvalue weighted by atomic mass is 10.1. The monoisotopic (exact) mass is 206 g/mol. The molecule has 80 valence electrons. The van der Waals surface area contributed by atoms with Gasteiger partial charge in [0.15, 0.2) is 0 Å². The van der Waals surface area contributed by atoms with Crippen molar-refractivity contribution in [2.75, 3.05) is 10.6 Å². The van der Waals surface area contributed by atoms with Crippen LogP contribution in [0.4, 0.5) is 11.5 Å². The molecular formula is C10H14N4O. The maximum Gasteiger partial charge on any atom is 0.247 e. The summed E-state index contributed by atoms with van der Waals surface area (Å²) in [6, 6.07) is -0.0627. The maximum atomic E-state index is 11.8. The molecule has 1 amide bonds. The summed E-state index contributed by atoms with van der Waals surface area (Å²) in [7, 11) is 1.89. The normalized spacial score (nSPS) is 24.4. The van der Waals surface area contributed by atoms with E-state index in [1.165, 1.54) is 0 Å². The van der Waals surface area contributed by atoms with E-state index < -0.39 is 0 Å². The summed E-state index contributed by atoms with van der Waals surface area (Å²) in [5.74, 6) is 1.53. The van der Waals surface area contributed by atoms with E-state index in [4.69, 9.17) is 0 Å². The smallest absolute Gasteiger partial charge is 0.247 e. The van der Waals surface area contributed by atoms with Gasteiger partial charge in [0, 0.05) is 7.05 Å². The van der Waals surface area contributed by atoms with Crippen molar-refractivity contribution >= 4 is 17.4 Å². The predicted molar refractivity (Wildman–Crippen MR) is 56.7 cm³/mol. The molecule has 1 unspecified atom stereocenters. The number of amides is 1. The minimum Gasteiger partial charge on any atom is -0.357 e. The number of carbonyl (C=O) groups is 1. The molecule has 1 aliphatic heterocycles. The number of fused-ring (bicyclic) bond motifs is 1. The van der Waals surface area contributed by atoms with Crippen LogP contribution in [0, 0.1) is 12.8 Å². The van der Waals surface area contributed by atoms with Crippen molar-refractivity contribution in [3.63, 3.8) is 0 Å². The number of anilines is 2. The van der Waals surface area contributed by atoms with Crippen LogP contribution in [0.15, 0.2) is 0 Å². The Morgan fingerprint density at radius 2 is 2.20 bits per heavy atom. The molecule has 2 aliphatic rings. The fourth-order valence-corrected chi connectivity index (χ4v) is 2.15. The Morgan fingerprint density at radius 1 is 1.47 bits per heavy atom. The van der Waals surface area contributed by atoms with E-state index in [-0.39, 0.29) is 11.9 Å². The number of nitrogens with one attached hydrogen (secondary N) is 2. The van der Waals surface area contributed by atoms with Crippen LogP contribution in [0.25, 0.3) is 0 Å². The number of aryl methyl sites for hydroxylation is 2. The van der Waals surface area contributed by atoms with Crippen LogP contribution < -0.4 is 10.6 Å². The lowest BCUT2D eigenvalue weighted by molar-refractivity contribution is -0.117. The molecule has 0 spiro atoms. The Balaban J connectivity index is 1.99. The average molecular weight is 206 g/mol. The summed E-state index contributed by atoms with van der Waals surface area (Å²) in [5, 5.41) is 10.5. The molecule has 0 bridgehead atoms. The molecule has 5 nitrogen and oxygen atoms in total. The van der Waals surface area contributed by atoms with Crippen LogP contribution in [-0.2, 0) is 11.8 Å². The first kappa shape index (κ1) is 8.76. The number of aromatic nitrogens is 2. The summed E-state index contributed by atoms with van der Waals surface area (Å²) in [4.78, 5) is 11.8. The molecule has 1 atom stereocenters. The van der Waals surface area contributed by atoms with Gasteiger partial charge >= 0.3 is 0 Å². The Kier molecular flexibility index (Phi) is 1.60. The van der Waals surface area contributed by atoms with Crippen LogP contribution in [0.2, 0.25) is 0 Å². The Bertz CT molecular complexity index is 433. The number of carbonyl (C=O) groups excluding carboxylic acids is 1. The van der Waals surface area contributed by atoms with E-state index in [9.17, 15) is 4.79 Å². The van der Waals surface area contributed by atoms with Crippen LogP contribution in [0.1, 0.15) is 18.5 Å². The molecule has 5 heteroatoms. The van der Waals surface area contributed by atoms with Gasteiger partial charge in [0.2, 0.25) is 5.91 Å². The zero-order valence-electron chi connectivity index (χ0n) is 8.87. The molecule has 2 heterocycles. The van der Waals surface area contributed by atoms with Gasteiger partial charge in [-0.3, -0.25) is 9.48 Å². The highest BCUT2D eigenvalue weighted by Gasteiger charge is 2.40. The van der Waals surface area contributed by atoms with Crippen LogP contribution in [-0.4, -0.2) is 21.7 Å². The second-order valence-electron chi connectivity index (χ2n) is 4.38. The topological polar surface area (TPSA) is 59.0 Å². The Hall–Kier alpha value is -1.52. The van der Waals surface area contributed by atoms with Crippen molar-refractivity contribution in [2.24, 2.45) is 13.0 Å². The molecule has 1 aliphatic carbocycles. The summed E-state index contributed by atoms with van der Waals surface area (Å²) < 4.78 is 1.79. The van der Waals surface area contributed by atoms with E-state index in [0.717, 1.165) is 30.0 Å². The van der Waals surface area contributed by atoms with Gasteiger partial charge < -0.3 is 10.6 Å². The number of hydrogen-bond donors (Lipinski definition) is 2. The fraction of sp³-hybridized carbons (Fsp3) is 0.600. The standard InChI is InChI=1S/C10H14N4O/c1-5-7-9(14(2)13-5)11-8(6-3-4-6)10(15)12-7/h6,8,11H,3-4H2,1-2H3,(H,12,15). The minimum absolute atomic E-state index is 0.0627. The van der Waals surface area contributed by atoms with Gasteiger partial charge in [0.05, 0.1) is 5.69 Å². The number of hydrogen-bond acceptors (Lipinski definition) is 3. The molecule has 1 aromatic heterocycles. The Labute approximate surface area is 87.8 Å². The van der Waals surface area contributed by atoms with Crippen LogP contribution in [0.3, 0.4) is 0 Å². The molecule has 15 heavy (non-hydrogen) atoms. The molecule has 1 aromatic rings. The summed E-state index contributed by atoms with van der Waals surface area (Å²) >= 11 is 0. The third kappa shape index (κ3) is 1.22. The predicted octanol–water partition coefficient (Wildman–Crippen LogP) is 0.871.